The van der Waals surface area contributed by atoms with Crippen molar-refractivity contribution in [2.45, 2.75) is 19.4 Å². The number of thioether (sulfide) groups is 1. The Morgan fingerprint density at radius 2 is 2.14 bits per heavy atom. The summed E-state index contributed by atoms with van der Waals surface area (Å²) in [6, 6.07) is 1.07. The number of anilines is 1. The van der Waals surface area contributed by atoms with Crippen molar-refractivity contribution in [1.29, 1.82) is 0 Å². The first-order valence-electron chi connectivity index (χ1n) is 6.10. The van der Waals surface area contributed by atoms with Crippen LogP contribution in [0.5, 0.6) is 0 Å². The third-order valence-corrected chi connectivity index (χ3v) is 3.98. The van der Waals surface area contributed by atoms with Gasteiger partial charge < -0.3 is 15.7 Å². The highest BCUT2D eigenvalue weighted by atomic mass is 79.9. The van der Waals surface area contributed by atoms with Gasteiger partial charge in [-0.3, -0.25) is 0 Å². The molecule has 0 radical (unpaired) electrons. The molecule has 0 unspecified atom stereocenters. The van der Waals surface area contributed by atoms with Gasteiger partial charge in [0.25, 0.3) is 0 Å². The number of amides is 2. The standard InChI is InChI=1S/C13H16BrFN2O3S/c1-7-5-8(14)9(15)6-11(7)17-13(20)16-10(12(18)19)3-4-21-2/h5-6,10H,3-4H2,1-2H3,(H,18,19)(H2,16,17,20)/t10-/m0/s1. The maximum Gasteiger partial charge on any atom is 0.326 e. The SMILES string of the molecule is CSCC[C@H](NC(=O)Nc1cc(F)c(Br)cc1C)C(=O)O. The van der Waals surface area contributed by atoms with Crippen molar-refractivity contribution in [3.63, 3.8) is 0 Å². The Morgan fingerprint density at radius 1 is 1.48 bits per heavy atom. The number of nitrogens with one attached hydrogen (secondary N) is 2. The van der Waals surface area contributed by atoms with E-state index in [0.717, 1.165) is 0 Å². The maximum atomic E-state index is 13.5. The van der Waals surface area contributed by atoms with E-state index in [2.05, 4.69) is 26.6 Å². The van der Waals surface area contributed by atoms with Gasteiger partial charge >= 0.3 is 12.0 Å². The number of benzene rings is 1. The van der Waals surface area contributed by atoms with Crippen molar-refractivity contribution in [3.05, 3.63) is 28.0 Å². The van der Waals surface area contributed by atoms with Gasteiger partial charge in [0.2, 0.25) is 0 Å². The molecule has 0 aromatic heterocycles. The smallest absolute Gasteiger partial charge is 0.326 e. The van der Waals surface area contributed by atoms with Crippen LogP contribution in [0.15, 0.2) is 16.6 Å². The van der Waals surface area contributed by atoms with Crippen LogP contribution in [0.1, 0.15) is 12.0 Å². The van der Waals surface area contributed by atoms with Gasteiger partial charge in [0, 0.05) is 5.69 Å². The lowest BCUT2D eigenvalue weighted by Gasteiger charge is -2.15. The summed E-state index contributed by atoms with van der Waals surface area (Å²) < 4.78 is 13.8. The molecule has 116 valence electrons. The van der Waals surface area contributed by atoms with Crippen molar-refractivity contribution in [2.24, 2.45) is 0 Å². The van der Waals surface area contributed by atoms with Crippen LogP contribution < -0.4 is 10.6 Å². The molecule has 0 saturated carbocycles. The predicted molar refractivity (Wildman–Crippen MR) is 85.4 cm³/mol. The van der Waals surface area contributed by atoms with E-state index in [0.29, 0.717) is 27.9 Å². The molecule has 0 saturated heterocycles. The quantitative estimate of drug-likeness (QED) is 0.709. The minimum absolute atomic E-state index is 0.294. The largest absolute Gasteiger partial charge is 0.480 e. The fourth-order valence-corrected chi connectivity index (χ4v) is 2.52. The third-order valence-electron chi connectivity index (χ3n) is 2.73. The molecule has 0 aliphatic rings. The molecule has 2 amide bonds. The van der Waals surface area contributed by atoms with Crippen LogP contribution in [0.25, 0.3) is 0 Å². The second-order valence-electron chi connectivity index (χ2n) is 4.35. The maximum absolute atomic E-state index is 13.5. The number of hydrogen-bond acceptors (Lipinski definition) is 3. The molecule has 0 bridgehead atoms. The Balaban J connectivity index is 2.72. The number of urea groups is 1. The summed E-state index contributed by atoms with van der Waals surface area (Å²) in [5.74, 6) is -0.991. The first kappa shape index (κ1) is 17.8. The molecule has 0 aliphatic heterocycles. The molecule has 21 heavy (non-hydrogen) atoms. The van der Waals surface area contributed by atoms with E-state index in [1.165, 1.54) is 23.9 Å². The Morgan fingerprint density at radius 3 is 2.71 bits per heavy atom. The minimum Gasteiger partial charge on any atom is -0.480 e. The topological polar surface area (TPSA) is 78.4 Å². The molecular weight excluding hydrogens is 363 g/mol. The number of carboxylic acids is 1. The molecule has 1 atom stereocenters. The van der Waals surface area contributed by atoms with Crippen LogP contribution >= 0.6 is 27.7 Å². The Hall–Kier alpha value is -1.28. The molecule has 1 aromatic rings. The number of carbonyl (C=O) groups is 2. The van der Waals surface area contributed by atoms with Crippen LogP contribution in [0.3, 0.4) is 0 Å². The monoisotopic (exact) mass is 378 g/mol. The number of aliphatic carboxylic acids is 1. The average Bonchev–Trinajstić information content (AvgIpc) is 2.40. The summed E-state index contributed by atoms with van der Waals surface area (Å²) in [5, 5.41) is 13.9. The van der Waals surface area contributed by atoms with E-state index in [1.54, 1.807) is 6.92 Å². The van der Waals surface area contributed by atoms with E-state index in [4.69, 9.17) is 5.11 Å². The van der Waals surface area contributed by atoms with Gasteiger partial charge in [0.15, 0.2) is 0 Å². The molecule has 3 N–H and O–H groups in total. The molecular formula is C13H16BrFN2O3S. The second kappa shape index (κ2) is 8.23. The van der Waals surface area contributed by atoms with Crippen LogP contribution in [0, 0.1) is 12.7 Å². The van der Waals surface area contributed by atoms with Gasteiger partial charge in [0.05, 0.1) is 4.47 Å². The molecule has 0 spiro atoms. The average molecular weight is 379 g/mol. The Bertz CT molecular complexity index is 542. The summed E-state index contributed by atoms with van der Waals surface area (Å²) in [7, 11) is 0. The van der Waals surface area contributed by atoms with E-state index >= 15 is 0 Å². The Kier molecular flexibility index (Phi) is 6.97. The molecule has 1 aromatic carbocycles. The van der Waals surface area contributed by atoms with Crippen molar-refractivity contribution in [3.8, 4) is 0 Å². The zero-order chi connectivity index (χ0) is 16.0. The minimum atomic E-state index is -1.10. The number of carboxylic acid groups (broad SMARTS) is 1. The van der Waals surface area contributed by atoms with Crippen LogP contribution in [0.2, 0.25) is 0 Å². The lowest BCUT2D eigenvalue weighted by atomic mass is 10.2. The van der Waals surface area contributed by atoms with Crippen LogP contribution in [0.4, 0.5) is 14.9 Å². The number of hydrogen-bond donors (Lipinski definition) is 3. The van der Waals surface area contributed by atoms with Crippen molar-refractivity contribution in [2.75, 3.05) is 17.3 Å². The van der Waals surface area contributed by atoms with Gasteiger partial charge in [-0.15, -0.1) is 0 Å². The fourth-order valence-electron chi connectivity index (χ4n) is 1.59. The molecule has 0 fully saturated rings. The summed E-state index contributed by atoms with van der Waals surface area (Å²) >= 11 is 4.55. The second-order valence-corrected chi connectivity index (χ2v) is 6.19. The van der Waals surface area contributed by atoms with Gasteiger partial charge in [-0.25, -0.2) is 14.0 Å². The number of rotatable bonds is 6. The van der Waals surface area contributed by atoms with Crippen molar-refractivity contribution in [1.82, 2.24) is 5.32 Å². The van der Waals surface area contributed by atoms with Crippen LogP contribution in [-0.4, -0.2) is 35.2 Å². The van der Waals surface area contributed by atoms with E-state index in [9.17, 15) is 14.0 Å². The zero-order valence-corrected chi connectivity index (χ0v) is 14.0. The summed E-state index contributed by atoms with van der Waals surface area (Å²) in [6.07, 6.45) is 2.17. The number of halogens is 2. The lowest BCUT2D eigenvalue weighted by molar-refractivity contribution is -0.139. The molecule has 0 aliphatic carbocycles. The van der Waals surface area contributed by atoms with Gasteiger partial charge in [-0.1, -0.05) is 0 Å². The van der Waals surface area contributed by atoms with Crippen molar-refractivity contribution < 1.29 is 19.1 Å². The Labute approximate surface area is 134 Å². The van der Waals surface area contributed by atoms with Gasteiger partial charge in [0.1, 0.15) is 11.9 Å². The van der Waals surface area contributed by atoms with E-state index in [1.807, 2.05) is 6.26 Å². The third kappa shape index (κ3) is 5.55. The molecule has 8 heteroatoms. The van der Waals surface area contributed by atoms with Gasteiger partial charge in [-0.2, -0.15) is 11.8 Å². The van der Waals surface area contributed by atoms with Crippen LogP contribution in [-0.2, 0) is 4.79 Å². The predicted octanol–water partition coefficient (Wildman–Crippen LogP) is 3.22. The lowest BCUT2D eigenvalue weighted by Crippen LogP contribution is -2.43. The highest BCUT2D eigenvalue weighted by Crippen LogP contribution is 2.23. The highest BCUT2D eigenvalue weighted by Gasteiger charge is 2.19. The normalized spacial score (nSPS) is 11.8. The molecule has 0 heterocycles. The highest BCUT2D eigenvalue weighted by molar-refractivity contribution is 9.10. The molecule has 5 nitrogen and oxygen atoms in total. The van der Waals surface area contributed by atoms with Crippen molar-refractivity contribution >= 4 is 45.4 Å². The van der Waals surface area contributed by atoms with E-state index < -0.39 is 23.9 Å². The summed E-state index contributed by atoms with van der Waals surface area (Å²) in [4.78, 5) is 22.9. The summed E-state index contributed by atoms with van der Waals surface area (Å²) in [5.41, 5.74) is 0.955. The zero-order valence-electron chi connectivity index (χ0n) is 11.6. The summed E-state index contributed by atoms with van der Waals surface area (Å²) in [6.45, 7) is 1.71. The number of aryl methyl sites for hydroxylation is 1. The first-order chi connectivity index (χ1) is 9.85. The van der Waals surface area contributed by atoms with E-state index in [-0.39, 0.29) is 0 Å². The van der Waals surface area contributed by atoms with Gasteiger partial charge in [-0.05, 0) is 59.0 Å². The molecule has 1 rings (SSSR count). The first-order valence-corrected chi connectivity index (χ1v) is 8.28. The number of carbonyl (C=O) groups excluding carboxylic acids is 1. The fraction of sp³-hybridized carbons (Fsp3) is 0.385.